The molecule has 0 spiro atoms. The van der Waals surface area contributed by atoms with E-state index in [1.54, 1.807) is 37.4 Å². The topological polar surface area (TPSA) is 127 Å². The zero-order valence-electron chi connectivity index (χ0n) is 24.6. The average Bonchev–Trinajstić information content (AvgIpc) is 2.97. The van der Waals surface area contributed by atoms with Crippen LogP contribution in [0.25, 0.3) is 11.1 Å². The highest BCUT2D eigenvalue weighted by Crippen LogP contribution is 2.23. The number of pyridine rings is 1. The normalized spacial score (nSPS) is 13.0. The highest BCUT2D eigenvalue weighted by atomic mass is 35.5. The van der Waals surface area contributed by atoms with Gasteiger partial charge in [-0.15, -0.1) is 0 Å². The predicted octanol–water partition coefficient (Wildman–Crippen LogP) is 5.51. The van der Waals surface area contributed by atoms with Crippen molar-refractivity contribution in [3.05, 3.63) is 77.1 Å². The smallest absolute Gasteiger partial charge is 0.254 e. The van der Waals surface area contributed by atoms with E-state index in [1.807, 2.05) is 52.0 Å². The zero-order chi connectivity index (χ0) is 30.7. The number of carbonyl (C=O) groups is 2. The van der Waals surface area contributed by atoms with Crippen molar-refractivity contribution in [2.75, 3.05) is 13.6 Å². The molecule has 1 aromatic heterocycles. The number of nitrogens with zero attached hydrogens (tertiary/aromatic N) is 3. The van der Waals surface area contributed by atoms with Gasteiger partial charge in [0.25, 0.3) is 11.8 Å². The summed E-state index contributed by atoms with van der Waals surface area (Å²) in [5.41, 5.74) is 2.57. The molecular weight excluding hydrogens is 528 g/mol. The Morgan fingerprint density at radius 3 is 2.33 bits per heavy atom. The van der Waals surface area contributed by atoms with Crippen LogP contribution in [0.4, 0.5) is 0 Å². The zero-order valence-corrected chi connectivity index (χ0v) is 25.3. The fourth-order valence-corrected chi connectivity index (χ4v) is 3.39. The number of aliphatic hydroxyl groups is 2. The molecule has 8 nitrogen and oxygen atoms in total. The third-order valence-corrected chi connectivity index (χ3v) is 5.53. The number of amides is 2. The molecule has 0 aliphatic heterocycles. The van der Waals surface area contributed by atoms with Gasteiger partial charge in [0.1, 0.15) is 0 Å². The molecule has 3 N–H and O–H groups in total. The maximum atomic E-state index is 12.3. The number of halogens is 1. The molecule has 0 bridgehead atoms. The number of hydrogen-bond donors (Lipinski definition) is 3. The molecule has 1 unspecified atom stereocenters. The Kier molecular flexibility index (Phi) is 18.6. The van der Waals surface area contributed by atoms with E-state index in [9.17, 15) is 25.1 Å². The Morgan fingerprint density at radius 2 is 1.80 bits per heavy atom. The SMILES string of the molecule is CC.CC/C=C\C=C(/C)Cl.CCCN(C)C(=O)[C@H](O)[C@@H](O)C(=O)NC(C)c1ccc(-c2ccccc2C#N)cn1. The number of carbonyl (C=O) groups excluding carboxylic acids is 2. The van der Waals surface area contributed by atoms with Crippen LogP contribution in [-0.4, -0.2) is 57.7 Å². The Balaban J connectivity index is 0.00000130. The quantitative estimate of drug-likeness (QED) is 0.323. The molecule has 3 atom stereocenters. The first kappa shape index (κ1) is 36.5. The lowest BCUT2D eigenvalue weighted by atomic mass is 10.0. The van der Waals surface area contributed by atoms with E-state index >= 15 is 0 Å². The molecule has 2 amide bonds. The summed E-state index contributed by atoms with van der Waals surface area (Å²) in [6, 6.07) is 12.2. The minimum absolute atomic E-state index is 0.409. The standard InChI is InChI=1S/C22H26N4O4.C7H11Cl.C2H6/c1-4-11-26(3)22(30)20(28)19(27)21(29)25-14(2)18-10-9-16(13-24-18)17-8-6-5-7-15(17)12-23;1-3-4-5-6-7(2)8;1-2/h5-10,13-14,19-20,27-28H,4,11H2,1-3H3,(H,25,29);4-6H,3H2,1-2H3;1-2H3/b;5-4-,7-6+;/t14?,19-,20-;;/m1../s1. The molecule has 0 saturated heterocycles. The monoisotopic (exact) mass is 570 g/mol. The molecule has 0 aliphatic rings. The van der Waals surface area contributed by atoms with E-state index in [2.05, 4.69) is 29.4 Å². The summed E-state index contributed by atoms with van der Waals surface area (Å²) in [6.45, 7) is 11.9. The number of rotatable bonds is 10. The fourth-order valence-electron chi connectivity index (χ4n) is 3.31. The first-order valence-electron chi connectivity index (χ1n) is 13.4. The van der Waals surface area contributed by atoms with Crippen LogP contribution in [0, 0.1) is 11.3 Å². The first-order chi connectivity index (χ1) is 19.1. The average molecular weight is 571 g/mol. The molecular formula is C31H43ClN4O4. The van der Waals surface area contributed by atoms with Crippen molar-refractivity contribution in [3.63, 3.8) is 0 Å². The maximum Gasteiger partial charge on any atom is 0.254 e. The van der Waals surface area contributed by atoms with Crippen LogP contribution >= 0.6 is 11.6 Å². The van der Waals surface area contributed by atoms with E-state index in [1.165, 1.54) is 11.9 Å². The van der Waals surface area contributed by atoms with Gasteiger partial charge in [0, 0.05) is 35.9 Å². The molecule has 9 heteroatoms. The largest absolute Gasteiger partial charge is 0.380 e. The van der Waals surface area contributed by atoms with Crippen LogP contribution in [0.3, 0.4) is 0 Å². The summed E-state index contributed by atoms with van der Waals surface area (Å²) in [5.74, 6) is -1.58. The number of aromatic nitrogens is 1. The Labute approximate surface area is 244 Å². The number of allylic oxidation sites excluding steroid dienone is 4. The Hall–Kier alpha value is -3.51. The van der Waals surface area contributed by atoms with Gasteiger partial charge >= 0.3 is 0 Å². The first-order valence-corrected chi connectivity index (χ1v) is 13.8. The van der Waals surface area contributed by atoms with Gasteiger partial charge in [0.15, 0.2) is 12.2 Å². The molecule has 218 valence electrons. The van der Waals surface area contributed by atoms with E-state index < -0.39 is 30.1 Å². The molecule has 1 heterocycles. The lowest BCUT2D eigenvalue weighted by molar-refractivity contribution is -0.152. The summed E-state index contributed by atoms with van der Waals surface area (Å²) in [6.07, 6.45) is 5.53. The highest BCUT2D eigenvalue weighted by molar-refractivity contribution is 6.29. The Morgan fingerprint density at radius 1 is 1.15 bits per heavy atom. The van der Waals surface area contributed by atoms with Crippen LogP contribution in [0.1, 0.15) is 71.7 Å². The van der Waals surface area contributed by atoms with Crippen LogP contribution in [0.2, 0.25) is 0 Å². The van der Waals surface area contributed by atoms with Gasteiger partial charge in [0.05, 0.1) is 23.4 Å². The van der Waals surface area contributed by atoms with Crippen LogP contribution in [-0.2, 0) is 9.59 Å². The van der Waals surface area contributed by atoms with Gasteiger partial charge in [-0.2, -0.15) is 5.26 Å². The van der Waals surface area contributed by atoms with Gasteiger partial charge in [-0.3, -0.25) is 14.6 Å². The van der Waals surface area contributed by atoms with Gasteiger partial charge < -0.3 is 20.4 Å². The number of likely N-dealkylation sites (N-methyl/N-ethyl adjacent to an activating group) is 1. The van der Waals surface area contributed by atoms with E-state index in [-0.39, 0.29) is 0 Å². The van der Waals surface area contributed by atoms with Gasteiger partial charge in [-0.05, 0) is 44.9 Å². The maximum absolute atomic E-state index is 12.3. The van der Waals surface area contributed by atoms with Crippen molar-refractivity contribution in [3.8, 4) is 17.2 Å². The summed E-state index contributed by atoms with van der Waals surface area (Å²) < 4.78 is 0. The van der Waals surface area contributed by atoms with E-state index in [0.717, 1.165) is 22.6 Å². The van der Waals surface area contributed by atoms with E-state index in [0.29, 0.717) is 24.2 Å². The molecule has 0 aliphatic carbocycles. The number of hydrogen-bond acceptors (Lipinski definition) is 6. The van der Waals surface area contributed by atoms with Crippen molar-refractivity contribution >= 4 is 23.4 Å². The lowest BCUT2D eigenvalue weighted by Crippen LogP contribution is -2.50. The minimum atomic E-state index is -1.89. The van der Waals surface area contributed by atoms with Crippen LogP contribution in [0.5, 0.6) is 0 Å². The molecule has 2 aromatic rings. The van der Waals surface area contributed by atoms with Crippen molar-refractivity contribution in [2.45, 2.75) is 72.6 Å². The number of nitriles is 1. The second kappa shape index (κ2) is 20.4. The Bertz CT molecular complexity index is 1140. The number of nitrogens with one attached hydrogen (secondary N) is 1. The summed E-state index contributed by atoms with van der Waals surface area (Å²) in [4.78, 5) is 29.9. The van der Waals surface area contributed by atoms with Crippen molar-refractivity contribution < 1.29 is 19.8 Å². The number of aliphatic hydroxyl groups excluding tert-OH is 2. The van der Waals surface area contributed by atoms with E-state index in [4.69, 9.17) is 11.6 Å². The molecule has 0 saturated carbocycles. The molecule has 0 fully saturated rings. The third kappa shape index (κ3) is 12.6. The number of benzene rings is 1. The summed E-state index contributed by atoms with van der Waals surface area (Å²) >= 11 is 5.52. The van der Waals surface area contributed by atoms with Gasteiger partial charge in [-0.25, -0.2) is 0 Å². The van der Waals surface area contributed by atoms with Gasteiger partial charge in [-0.1, -0.05) is 75.7 Å². The van der Waals surface area contributed by atoms with Crippen molar-refractivity contribution in [2.24, 2.45) is 0 Å². The fraction of sp³-hybridized carbons (Fsp3) is 0.419. The predicted molar refractivity (Wildman–Crippen MR) is 161 cm³/mol. The van der Waals surface area contributed by atoms with Crippen molar-refractivity contribution in [1.29, 1.82) is 5.26 Å². The molecule has 1 aromatic carbocycles. The van der Waals surface area contributed by atoms with Crippen LogP contribution < -0.4 is 5.32 Å². The van der Waals surface area contributed by atoms with Gasteiger partial charge in [0.2, 0.25) is 0 Å². The lowest BCUT2D eigenvalue weighted by Gasteiger charge is -2.24. The minimum Gasteiger partial charge on any atom is -0.380 e. The van der Waals surface area contributed by atoms with Crippen LogP contribution in [0.15, 0.2) is 65.9 Å². The second-order valence-electron chi connectivity index (χ2n) is 8.60. The highest BCUT2D eigenvalue weighted by Gasteiger charge is 2.32. The second-order valence-corrected chi connectivity index (χ2v) is 9.19. The molecule has 2 rings (SSSR count). The molecule has 40 heavy (non-hydrogen) atoms. The van der Waals surface area contributed by atoms with Crippen molar-refractivity contribution in [1.82, 2.24) is 15.2 Å². The summed E-state index contributed by atoms with van der Waals surface area (Å²) in [5, 5.41) is 32.7. The third-order valence-electron chi connectivity index (χ3n) is 5.40. The molecule has 0 radical (unpaired) electrons. The summed E-state index contributed by atoms with van der Waals surface area (Å²) in [7, 11) is 1.50.